The van der Waals surface area contributed by atoms with E-state index in [1.165, 1.54) is 12.1 Å². The van der Waals surface area contributed by atoms with Crippen LogP contribution in [0.25, 0.3) is 0 Å². The second-order valence-electron chi connectivity index (χ2n) is 5.63. The molecule has 22 heavy (non-hydrogen) atoms. The van der Waals surface area contributed by atoms with Crippen molar-refractivity contribution in [3.63, 3.8) is 0 Å². The van der Waals surface area contributed by atoms with Crippen LogP contribution in [0.5, 0.6) is 0 Å². The van der Waals surface area contributed by atoms with E-state index >= 15 is 0 Å². The molecule has 0 saturated carbocycles. The number of anilines is 1. The summed E-state index contributed by atoms with van der Waals surface area (Å²) < 4.78 is 5.91. The van der Waals surface area contributed by atoms with Crippen LogP contribution in [0, 0.1) is 13.7 Å². The number of nitrogens with one attached hydrogen (secondary N) is 2. The first-order chi connectivity index (χ1) is 10.2. The number of halogens is 1. The lowest BCUT2D eigenvalue weighted by Gasteiger charge is -2.19. The summed E-state index contributed by atoms with van der Waals surface area (Å²) in [6.45, 7) is 6.56. The topological polar surface area (TPSA) is 93.5 Å². The Morgan fingerprint density at radius 3 is 2.59 bits per heavy atom. The van der Waals surface area contributed by atoms with E-state index < -0.39 is 16.6 Å². The molecule has 0 saturated heterocycles. The van der Waals surface area contributed by atoms with Crippen molar-refractivity contribution < 1.29 is 14.5 Å². The molecule has 0 unspecified atom stereocenters. The number of carbonyl (C=O) groups excluding carboxylic acids is 1. The van der Waals surface area contributed by atoms with Crippen molar-refractivity contribution in [1.82, 2.24) is 5.32 Å². The maximum Gasteiger partial charge on any atom is 0.407 e. The van der Waals surface area contributed by atoms with Gasteiger partial charge in [0.1, 0.15) is 5.60 Å². The van der Waals surface area contributed by atoms with Crippen molar-refractivity contribution in [2.45, 2.75) is 32.8 Å². The first-order valence-electron chi connectivity index (χ1n) is 6.84. The molecule has 0 atom stereocenters. The van der Waals surface area contributed by atoms with Crippen LogP contribution in [0.4, 0.5) is 16.2 Å². The van der Waals surface area contributed by atoms with Crippen molar-refractivity contribution in [3.8, 4) is 0 Å². The monoisotopic (exact) mass is 421 g/mol. The fourth-order valence-electron chi connectivity index (χ4n) is 1.58. The lowest BCUT2D eigenvalue weighted by atomic mass is 10.2. The average Bonchev–Trinajstić information content (AvgIpc) is 2.37. The van der Waals surface area contributed by atoms with Crippen molar-refractivity contribution in [3.05, 3.63) is 31.9 Å². The number of carbonyl (C=O) groups is 1. The number of rotatable bonds is 6. The van der Waals surface area contributed by atoms with E-state index in [0.717, 1.165) is 9.26 Å². The van der Waals surface area contributed by atoms with E-state index in [0.29, 0.717) is 19.5 Å². The van der Waals surface area contributed by atoms with Gasteiger partial charge in [0.25, 0.3) is 5.69 Å². The summed E-state index contributed by atoms with van der Waals surface area (Å²) in [6, 6.07) is 4.66. The average molecular weight is 421 g/mol. The third kappa shape index (κ3) is 6.92. The minimum Gasteiger partial charge on any atom is -0.444 e. The fourth-order valence-corrected chi connectivity index (χ4v) is 2.27. The number of hydrogen-bond acceptors (Lipinski definition) is 5. The van der Waals surface area contributed by atoms with E-state index in [2.05, 4.69) is 10.6 Å². The smallest absolute Gasteiger partial charge is 0.407 e. The van der Waals surface area contributed by atoms with Gasteiger partial charge < -0.3 is 15.4 Å². The molecule has 0 aliphatic carbocycles. The molecule has 1 amide bonds. The van der Waals surface area contributed by atoms with Crippen molar-refractivity contribution >= 4 is 40.1 Å². The van der Waals surface area contributed by atoms with Gasteiger partial charge in [0.05, 0.1) is 4.92 Å². The molecule has 0 bridgehead atoms. The second-order valence-corrected chi connectivity index (χ2v) is 6.79. The van der Waals surface area contributed by atoms with Crippen LogP contribution in [0.1, 0.15) is 27.2 Å². The Hall–Kier alpha value is -1.58. The molecular formula is C14H20IN3O4. The standard InChI is InChI=1S/C14H20IN3O4/c1-14(2,3)22-13(19)17-8-4-7-16-12-6-5-10(18(20)21)9-11(12)15/h5-6,9,16H,4,7-8H2,1-3H3,(H,17,19). The Labute approximate surface area is 143 Å². The number of amides is 1. The highest BCUT2D eigenvalue weighted by atomic mass is 127. The van der Waals surface area contributed by atoms with E-state index in [-0.39, 0.29) is 5.69 Å². The maximum atomic E-state index is 11.4. The van der Waals surface area contributed by atoms with E-state index in [1.807, 2.05) is 43.4 Å². The number of nitro benzene ring substituents is 1. The summed E-state index contributed by atoms with van der Waals surface area (Å²) in [7, 11) is 0. The molecule has 1 rings (SSSR count). The van der Waals surface area contributed by atoms with E-state index in [9.17, 15) is 14.9 Å². The lowest BCUT2D eigenvalue weighted by Crippen LogP contribution is -2.33. The van der Waals surface area contributed by atoms with Crippen molar-refractivity contribution in [2.24, 2.45) is 0 Å². The Morgan fingerprint density at radius 2 is 2.05 bits per heavy atom. The highest BCUT2D eigenvalue weighted by Gasteiger charge is 2.15. The van der Waals surface area contributed by atoms with Gasteiger partial charge in [0.2, 0.25) is 0 Å². The van der Waals surface area contributed by atoms with E-state index in [4.69, 9.17) is 4.74 Å². The molecule has 0 aliphatic rings. The zero-order valence-electron chi connectivity index (χ0n) is 12.8. The summed E-state index contributed by atoms with van der Waals surface area (Å²) in [5, 5.41) is 16.5. The highest BCUT2D eigenvalue weighted by molar-refractivity contribution is 14.1. The molecule has 122 valence electrons. The third-order valence-corrected chi connectivity index (χ3v) is 3.39. The largest absolute Gasteiger partial charge is 0.444 e. The summed E-state index contributed by atoms with van der Waals surface area (Å²) in [6.07, 6.45) is 0.282. The molecule has 0 aliphatic heterocycles. The number of non-ortho nitro benzene ring substituents is 1. The van der Waals surface area contributed by atoms with Gasteiger partial charge in [-0.15, -0.1) is 0 Å². The third-order valence-electron chi connectivity index (χ3n) is 2.50. The Balaban J connectivity index is 2.31. The fraction of sp³-hybridized carbons (Fsp3) is 0.500. The van der Waals surface area contributed by atoms with Crippen molar-refractivity contribution in [1.29, 1.82) is 0 Å². The molecule has 0 spiro atoms. The predicted molar refractivity (Wildman–Crippen MR) is 93.2 cm³/mol. The predicted octanol–water partition coefficient (Wildman–Crippen LogP) is 3.53. The quantitative estimate of drug-likeness (QED) is 0.317. The lowest BCUT2D eigenvalue weighted by molar-refractivity contribution is -0.384. The highest BCUT2D eigenvalue weighted by Crippen LogP contribution is 2.23. The Morgan fingerprint density at radius 1 is 1.36 bits per heavy atom. The molecule has 1 aromatic carbocycles. The van der Waals surface area contributed by atoms with Gasteiger partial charge in [-0.2, -0.15) is 0 Å². The van der Waals surface area contributed by atoms with Gasteiger partial charge >= 0.3 is 6.09 Å². The van der Waals surface area contributed by atoms with Crippen LogP contribution in [0.15, 0.2) is 18.2 Å². The van der Waals surface area contributed by atoms with Crippen LogP contribution in [0.2, 0.25) is 0 Å². The molecule has 7 nitrogen and oxygen atoms in total. The van der Waals surface area contributed by atoms with Crippen molar-refractivity contribution in [2.75, 3.05) is 18.4 Å². The van der Waals surface area contributed by atoms with Crippen LogP contribution in [0.3, 0.4) is 0 Å². The van der Waals surface area contributed by atoms with Crippen LogP contribution < -0.4 is 10.6 Å². The van der Waals surface area contributed by atoms with Crippen LogP contribution in [-0.4, -0.2) is 29.7 Å². The molecule has 0 aromatic heterocycles. The molecule has 0 radical (unpaired) electrons. The summed E-state index contributed by atoms with van der Waals surface area (Å²) in [4.78, 5) is 21.7. The van der Waals surface area contributed by atoms with Gasteiger partial charge in [-0.1, -0.05) is 0 Å². The Kier molecular flexibility index (Phi) is 6.85. The van der Waals surface area contributed by atoms with Gasteiger partial charge in [-0.25, -0.2) is 4.79 Å². The minimum absolute atomic E-state index is 0.0709. The zero-order chi connectivity index (χ0) is 16.8. The van der Waals surface area contributed by atoms with E-state index in [1.54, 1.807) is 6.07 Å². The molecule has 0 heterocycles. The second kappa shape index (κ2) is 8.16. The van der Waals surface area contributed by atoms with Gasteiger partial charge in [0.15, 0.2) is 0 Å². The SMILES string of the molecule is CC(C)(C)OC(=O)NCCCNc1ccc([N+](=O)[O-])cc1I. The number of nitro groups is 1. The number of ether oxygens (including phenoxy) is 1. The molecule has 8 heteroatoms. The number of alkyl carbamates (subject to hydrolysis) is 1. The normalized spacial score (nSPS) is 10.9. The van der Waals surface area contributed by atoms with Crippen LogP contribution >= 0.6 is 22.6 Å². The number of hydrogen-bond donors (Lipinski definition) is 2. The molecule has 0 fully saturated rings. The van der Waals surface area contributed by atoms with Gasteiger partial charge in [-0.3, -0.25) is 10.1 Å². The van der Waals surface area contributed by atoms with Gasteiger partial charge in [0, 0.05) is 34.5 Å². The summed E-state index contributed by atoms with van der Waals surface area (Å²) in [5.74, 6) is 0. The number of nitrogens with zero attached hydrogens (tertiary/aromatic N) is 1. The first-order valence-corrected chi connectivity index (χ1v) is 7.91. The number of benzene rings is 1. The minimum atomic E-state index is -0.503. The molecular weight excluding hydrogens is 401 g/mol. The summed E-state index contributed by atoms with van der Waals surface area (Å²) >= 11 is 2.05. The summed E-state index contributed by atoms with van der Waals surface area (Å²) in [5.41, 5.74) is 0.405. The molecule has 1 aromatic rings. The van der Waals surface area contributed by atoms with Crippen LogP contribution in [-0.2, 0) is 4.74 Å². The molecule has 2 N–H and O–H groups in total. The van der Waals surface area contributed by atoms with Gasteiger partial charge in [-0.05, 0) is 55.8 Å². The Bertz CT molecular complexity index is 543. The maximum absolute atomic E-state index is 11.4. The first kappa shape index (κ1) is 18.5. The zero-order valence-corrected chi connectivity index (χ0v) is 15.0.